The Hall–Kier alpha value is -3.04. The fraction of sp³-hybridized carbons (Fsp3) is 0.200. The molecule has 1 amide bonds. The number of nitrogens with zero attached hydrogens (tertiary/aromatic N) is 1. The number of sulfonamides is 1. The highest BCUT2D eigenvalue weighted by atomic mass is 32.2. The maximum atomic E-state index is 14.0. The van der Waals surface area contributed by atoms with Gasteiger partial charge in [0.25, 0.3) is 5.91 Å². The number of carbonyl (C=O) groups is 2. The molecule has 154 valence electrons. The fourth-order valence-corrected chi connectivity index (χ4v) is 3.51. The van der Waals surface area contributed by atoms with Crippen LogP contribution in [0.5, 0.6) is 0 Å². The average Bonchev–Trinajstić information content (AvgIpc) is 2.71. The van der Waals surface area contributed by atoms with Gasteiger partial charge in [0.05, 0.1) is 5.56 Å². The van der Waals surface area contributed by atoms with Gasteiger partial charge in [-0.2, -0.15) is 0 Å². The summed E-state index contributed by atoms with van der Waals surface area (Å²) in [4.78, 5) is 25.5. The Morgan fingerprint density at radius 3 is 2.52 bits per heavy atom. The normalized spacial score (nSPS) is 12.1. The number of rotatable bonds is 8. The van der Waals surface area contributed by atoms with E-state index in [0.29, 0.717) is 5.69 Å². The summed E-state index contributed by atoms with van der Waals surface area (Å²) in [5.41, 5.74) is 0.413. The van der Waals surface area contributed by atoms with Gasteiger partial charge >= 0.3 is 5.97 Å². The van der Waals surface area contributed by atoms with Gasteiger partial charge in [0.1, 0.15) is 10.7 Å². The number of esters is 1. The van der Waals surface area contributed by atoms with E-state index in [1.54, 1.807) is 30.3 Å². The van der Waals surface area contributed by atoms with Crippen molar-refractivity contribution in [1.29, 1.82) is 0 Å². The van der Waals surface area contributed by atoms with E-state index in [1.165, 1.54) is 24.9 Å². The van der Waals surface area contributed by atoms with E-state index in [-0.39, 0.29) is 12.1 Å². The summed E-state index contributed by atoms with van der Waals surface area (Å²) >= 11 is 0. The Bertz CT molecular complexity index is 1010. The number of halogens is 1. The minimum Gasteiger partial charge on any atom is -0.449 e. The molecule has 0 saturated carbocycles. The van der Waals surface area contributed by atoms with Gasteiger partial charge in [0.2, 0.25) is 10.0 Å². The molecule has 0 heterocycles. The monoisotopic (exact) mass is 420 g/mol. The van der Waals surface area contributed by atoms with Crippen LogP contribution in [0, 0.1) is 5.82 Å². The van der Waals surface area contributed by atoms with Crippen LogP contribution in [0.15, 0.2) is 66.1 Å². The van der Waals surface area contributed by atoms with E-state index in [0.717, 1.165) is 18.2 Å². The molecule has 0 aromatic heterocycles. The predicted molar refractivity (Wildman–Crippen MR) is 107 cm³/mol. The largest absolute Gasteiger partial charge is 0.449 e. The molecule has 29 heavy (non-hydrogen) atoms. The minimum atomic E-state index is -4.18. The highest BCUT2D eigenvalue weighted by Crippen LogP contribution is 2.18. The van der Waals surface area contributed by atoms with Crippen molar-refractivity contribution in [3.8, 4) is 0 Å². The van der Waals surface area contributed by atoms with Crippen molar-refractivity contribution in [2.75, 3.05) is 18.5 Å². The zero-order valence-electron chi connectivity index (χ0n) is 16.0. The third-order valence-corrected chi connectivity index (χ3v) is 5.42. The van der Waals surface area contributed by atoms with E-state index < -0.39 is 38.7 Å². The Morgan fingerprint density at radius 1 is 1.24 bits per heavy atom. The van der Waals surface area contributed by atoms with Gasteiger partial charge in [0, 0.05) is 19.3 Å². The van der Waals surface area contributed by atoms with Gasteiger partial charge in [-0.15, -0.1) is 6.58 Å². The van der Waals surface area contributed by atoms with E-state index in [2.05, 4.69) is 11.3 Å². The van der Waals surface area contributed by atoms with Gasteiger partial charge in [-0.3, -0.25) is 4.79 Å². The molecule has 2 aromatic rings. The molecule has 0 bridgehead atoms. The minimum absolute atomic E-state index is 0.103. The number of amides is 1. The number of carbonyl (C=O) groups excluding carboxylic acids is 2. The number of likely N-dealkylation sites (N-methyl/N-ethyl adjacent to an activating group) is 1. The van der Waals surface area contributed by atoms with Gasteiger partial charge in [-0.1, -0.05) is 24.3 Å². The van der Waals surface area contributed by atoms with E-state index in [1.807, 2.05) is 0 Å². The Balaban J connectivity index is 2.17. The molecule has 0 aliphatic carbocycles. The molecule has 1 N–H and O–H groups in total. The van der Waals surface area contributed by atoms with E-state index in [4.69, 9.17) is 4.74 Å². The molecule has 1 atom stereocenters. The SMILES string of the molecule is C=CCNS(=O)(=O)c1cc(C(=O)OC(C)C(=O)N(C)c2ccccc2)ccc1F. The molecule has 0 aliphatic heterocycles. The molecule has 7 nitrogen and oxygen atoms in total. The highest BCUT2D eigenvalue weighted by molar-refractivity contribution is 7.89. The lowest BCUT2D eigenvalue weighted by Crippen LogP contribution is -2.37. The Labute approximate surface area is 168 Å². The molecule has 0 aliphatic rings. The molecule has 2 rings (SSSR count). The first-order chi connectivity index (χ1) is 13.7. The summed E-state index contributed by atoms with van der Waals surface area (Å²) in [5, 5.41) is 0. The number of benzene rings is 2. The molecule has 0 saturated heterocycles. The van der Waals surface area contributed by atoms with Gasteiger partial charge in [0.15, 0.2) is 6.10 Å². The zero-order chi connectivity index (χ0) is 21.6. The van der Waals surface area contributed by atoms with Crippen LogP contribution >= 0.6 is 0 Å². The number of ether oxygens (including phenoxy) is 1. The topological polar surface area (TPSA) is 92.8 Å². The number of para-hydroxylation sites is 1. The van der Waals surface area contributed by atoms with Crippen molar-refractivity contribution in [2.45, 2.75) is 17.9 Å². The quantitative estimate of drug-likeness (QED) is 0.523. The van der Waals surface area contributed by atoms with Crippen molar-refractivity contribution >= 4 is 27.6 Å². The predicted octanol–water partition coefficient (Wildman–Crippen LogP) is 2.50. The van der Waals surface area contributed by atoms with Crippen molar-refractivity contribution < 1.29 is 27.1 Å². The van der Waals surface area contributed by atoms with Crippen LogP contribution in [0.25, 0.3) is 0 Å². The molecule has 9 heteroatoms. The zero-order valence-corrected chi connectivity index (χ0v) is 16.8. The van der Waals surface area contributed by atoms with Crippen molar-refractivity contribution in [3.63, 3.8) is 0 Å². The number of hydrogen-bond acceptors (Lipinski definition) is 5. The smallest absolute Gasteiger partial charge is 0.338 e. The molecular formula is C20H21FN2O5S. The van der Waals surface area contributed by atoms with Gasteiger partial charge < -0.3 is 9.64 Å². The Kier molecular flexibility index (Phi) is 7.24. The number of anilines is 1. The van der Waals surface area contributed by atoms with E-state index in [9.17, 15) is 22.4 Å². The number of hydrogen-bond donors (Lipinski definition) is 1. The van der Waals surface area contributed by atoms with Crippen LogP contribution in [0.1, 0.15) is 17.3 Å². The fourth-order valence-electron chi connectivity index (χ4n) is 2.41. The van der Waals surface area contributed by atoms with Gasteiger partial charge in [-0.25, -0.2) is 22.3 Å². The van der Waals surface area contributed by atoms with Crippen molar-refractivity contribution in [3.05, 3.63) is 72.6 Å². The lowest BCUT2D eigenvalue weighted by atomic mass is 10.2. The molecule has 0 fully saturated rings. The maximum Gasteiger partial charge on any atom is 0.338 e. The maximum absolute atomic E-state index is 14.0. The molecule has 2 aromatic carbocycles. The Morgan fingerprint density at radius 2 is 1.90 bits per heavy atom. The lowest BCUT2D eigenvalue weighted by Gasteiger charge is -2.21. The summed E-state index contributed by atoms with van der Waals surface area (Å²) in [7, 11) is -2.65. The van der Waals surface area contributed by atoms with Crippen LogP contribution in [-0.4, -0.2) is 40.0 Å². The van der Waals surface area contributed by atoms with Crippen molar-refractivity contribution in [1.82, 2.24) is 4.72 Å². The van der Waals surface area contributed by atoms with Crippen LogP contribution in [-0.2, 0) is 19.6 Å². The number of nitrogens with one attached hydrogen (secondary N) is 1. The van der Waals surface area contributed by atoms with Gasteiger partial charge in [-0.05, 0) is 37.3 Å². The first kappa shape index (κ1) is 22.3. The molecule has 0 spiro atoms. The third kappa shape index (κ3) is 5.49. The molecule has 0 radical (unpaired) electrons. The second-order valence-corrected chi connectivity index (χ2v) is 7.80. The molecule has 1 unspecified atom stereocenters. The van der Waals surface area contributed by atoms with Crippen LogP contribution < -0.4 is 9.62 Å². The molecular weight excluding hydrogens is 399 g/mol. The van der Waals surface area contributed by atoms with E-state index >= 15 is 0 Å². The summed E-state index contributed by atoms with van der Waals surface area (Å²) in [6.07, 6.45) is 0.154. The lowest BCUT2D eigenvalue weighted by molar-refractivity contribution is -0.126. The second kappa shape index (κ2) is 9.44. The standard InChI is InChI=1S/C20H21FN2O5S/c1-4-12-22-29(26,27)18-13-15(10-11-17(18)21)20(25)28-14(2)19(24)23(3)16-8-6-5-7-9-16/h4-11,13-14,22H,1,12H2,2-3H3. The average molecular weight is 420 g/mol. The summed E-state index contributed by atoms with van der Waals surface area (Å²) < 4.78 is 45.6. The van der Waals surface area contributed by atoms with Crippen LogP contribution in [0.4, 0.5) is 10.1 Å². The first-order valence-electron chi connectivity index (χ1n) is 8.61. The summed E-state index contributed by atoms with van der Waals surface area (Å²) in [5.74, 6) is -2.45. The summed E-state index contributed by atoms with van der Waals surface area (Å²) in [6.45, 7) is 4.67. The van der Waals surface area contributed by atoms with Crippen LogP contribution in [0.2, 0.25) is 0 Å². The third-order valence-electron chi connectivity index (χ3n) is 3.98. The summed E-state index contributed by atoms with van der Waals surface area (Å²) in [6, 6.07) is 11.6. The first-order valence-corrected chi connectivity index (χ1v) is 10.1. The van der Waals surface area contributed by atoms with Crippen LogP contribution in [0.3, 0.4) is 0 Å². The second-order valence-electron chi connectivity index (χ2n) is 6.07. The highest BCUT2D eigenvalue weighted by Gasteiger charge is 2.25. The van der Waals surface area contributed by atoms with Crippen molar-refractivity contribution in [2.24, 2.45) is 0 Å².